The third kappa shape index (κ3) is 7.57. The molecule has 0 unspecified atom stereocenters. The monoisotopic (exact) mass is 1000 g/mol. The van der Waals surface area contributed by atoms with E-state index in [1.54, 1.807) is 24.3 Å². The lowest BCUT2D eigenvalue weighted by Gasteiger charge is -2.48. The number of hydrogen-bond acceptors (Lipinski definition) is 20. The fourth-order valence-electron chi connectivity index (χ4n) is 11.8. The Morgan fingerprint density at radius 3 is 1.24 bits per heavy atom. The highest BCUT2D eigenvalue weighted by Crippen LogP contribution is 2.55. The summed E-state index contributed by atoms with van der Waals surface area (Å²) in [6, 6.07) is 5.67. The highest BCUT2D eigenvalue weighted by molar-refractivity contribution is 7.86. The molecule has 70 heavy (non-hydrogen) atoms. The highest BCUT2D eigenvalue weighted by atomic mass is 32.2. The van der Waals surface area contributed by atoms with Gasteiger partial charge in [-0.25, -0.2) is 0 Å². The second kappa shape index (κ2) is 16.7. The third-order valence-corrected chi connectivity index (χ3v) is 16.6. The number of rotatable bonds is 8. The molecule has 6 heterocycles. The second-order valence-electron chi connectivity index (χ2n) is 19.5. The van der Waals surface area contributed by atoms with Crippen molar-refractivity contribution in [2.24, 2.45) is 20.5 Å². The lowest BCUT2D eigenvalue weighted by Crippen LogP contribution is -2.48. The summed E-state index contributed by atoms with van der Waals surface area (Å²) in [6.07, 6.45) is 2.18. The van der Waals surface area contributed by atoms with Gasteiger partial charge in [0.1, 0.15) is 21.3 Å². The number of phenols is 4. The zero-order valence-electron chi connectivity index (χ0n) is 39.3. The molecule has 0 atom stereocenters. The van der Waals surface area contributed by atoms with Gasteiger partial charge in [0.05, 0.1) is 74.6 Å². The molecule has 1 aliphatic carbocycles. The van der Waals surface area contributed by atoms with Crippen LogP contribution in [0.3, 0.4) is 0 Å². The first-order chi connectivity index (χ1) is 33.3. The Morgan fingerprint density at radius 1 is 0.514 bits per heavy atom. The van der Waals surface area contributed by atoms with E-state index < -0.39 is 20.2 Å². The van der Waals surface area contributed by atoms with Crippen molar-refractivity contribution in [3.05, 3.63) is 57.6 Å². The van der Waals surface area contributed by atoms with Gasteiger partial charge in [-0.3, -0.25) is 18.9 Å². The van der Waals surface area contributed by atoms with Crippen molar-refractivity contribution in [3.8, 4) is 23.0 Å². The molecule has 0 amide bonds. The number of hydrogen-bond donors (Lipinski definition) is 6. The number of nitrogens with zero attached hydrogens (tertiary/aromatic N) is 12. The Morgan fingerprint density at radius 2 is 0.886 bits per heavy atom. The predicted molar refractivity (Wildman–Crippen MR) is 260 cm³/mol. The fraction of sp³-hybridized carbons (Fsp3) is 0.478. The Hall–Kier alpha value is -6.18. The molecule has 24 heteroatoms. The van der Waals surface area contributed by atoms with Crippen molar-refractivity contribution < 1.29 is 46.4 Å². The highest BCUT2D eigenvalue weighted by Gasteiger charge is 2.42. The van der Waals surface area contributed by atoms with E-state index in [0.29, 0.717) is 99.1 Å². The standard InChI is InChI=1S/C46H56N12O10S2/c1-5-53-21-51(3)15-25-11-37(69(63,64)65)43-31(41(25)53)19-55-23-57(43)17-29-33(55)13-35(59)39(45(29)61)49-47-27-7-9-28(10-8-27)48-50-40-36(60)14-34-30(46(40)62)18-58-24-56(34)20-32-42-26(16-52(4)22-54(42)6-2)12-38(44(32)58)70(66,67)68/h11-14,27-28,59-62H,5-10,15-24H2,1-4H3,(H,63,64,65)(H,66,67,68). The SMILES string of the molecule is CCN1CN(C)Cc2cc(S(=O)(=O)O)c3c(c21)CN1CN3Cc2c1cc(O)c(N=NC1CCC(N=Nc3c(O)cc4c(c3O)CN3CN4Cc4c5c(cc(S(=O)(=O)O)c43)CN(C)CN5CC)CC1)c2O. The molecule has 0 spiro atoms. The molecule has 4 aromatic rings. The van der Waals surface area contributed by atoms with Gasteiger partial charge in [-0.15, -0.1) is 10.2 Å². The molecule has 6 aliphatic heterocycles. The fourth-order valence-corrected chi connectivity index (χ4v) is 13.4. The van der Waals surface area contributed by atoms with Crippen LogP contribution in [0.2, 0.25) is 0 Å². The minimum atomic E-state index is -4.63. The lowest BCUT2D eigenvalue weighted by molar-refractivity contribution is 0.309. The molecule has 6 N–H and O–H groups in total. The molecule has 1 fully saturated rings. The van der Waals surface area contributed by atoms with E-state index in [1.165, 1.54) is 0 Å². The van der Waals surface area contributed by atoms with Crippen LogP contribution in [0.1, 0.15) is 72.9 Å². The van der Waals surface area contributed by atoms with E-state index in [9.17, 15) is 46.4 Å². The third-order valence-electron chi connectivity index (χ3n) is 14.9. The summed E-state index contributed by atoms with van der Waals surface area (Å²) < 4.78 is 72.5. The van der Waals surface area contributed by atoms with Gasteiger partial charge < -0.3 is 49.8 Å². The normalized spacial score (nSPS) is 21.2. The predicted octanol–water partition coefficient (Wildman–Crippen LogP) is 6.24. The van der Waals surface area contributed by atoms with Gasteiger partial charge in [-0.2, -0.15) is 27.1 Å². The number of azo groups is 2. The molecule has 1 saturated carbocycles. The number of fused-ring (bicyclic) bond motifs is 16. The van der Waals surface area contributed by atoms with E-state index >= 15 is 0 Å². The van der Waals surface area contributed by atoms with Crippen LogP contribution in [-0.4, -0.2) is 122 Å². The molecule has 7 aliphatic rings. The maximum absolute atomic E-state index is 12.9. The first-order valence-electron chi connectivity index (χ1n) is 23.5. The van der Waals surface area contributed by atoms with E-state index in [0.717, 1.165) is 33.6 Å². The molecule has 4 bridgehead atoms. The number of aromatic hydroxyl groups is 4. The Labute approximate surface area is 405 Å². The molecular weight excluding hydrogens is 945 g/mol. The Kier molecular flexibility index (Phi) is 11.0. The van der Waals surface area contributed by atoms with Gasteiger partial charge >= 0.3 is 0 Å². The molecule has 0 radical (unpaired) electrons. The lowest BCUT2D eigenvalue weighted by atomic mass is 9.92. The summed E-state index contributed by atoms with van der Waals surface area (Å²) in [6.45, 7) is 8.99. The van der Waals surface area contributed by atoms with Crippen molar-refractivity contribution in [2.45, 2.75) is 101 Å². The van der Waals surface area contributed by atoms with Crippen LogP contribution in [-0.2, 0) is 59.5 Å². The second-order valence-corrected chi connectivity index (χ2v) is 22.3. The smallest absolute Gasteiger partial charge is 0.296 e. The van der Waals surface area contributed by atoms with Crippen molar-refractivity contribution in [1.29, 1.82) is 0 Å². The van der Waals surface area contributed by atoms with E-state index in [-0.39, 0.29) is 95.8 Å². The quantitative estimate of drug-likeness (QED) is 0.0843. The van der Waals surface area contributed by atoms with Gasteiger partial charge in [0, 0.05) is 85.0 Å². The Balaban J connectivity index is 0.799. The summed E-state index contributed by atoms with van der Waals surface area (Å²) in [5, 5.41) is 63.6. The van der Waals surface area contributed by atoms with Crippen LogP contribution in [0.4, 0.5) is 45.5 Å². The largest absolute Gasteiger partial charge is 0.505 e. The van der Waals surface area contributed by atoms with Crippen LogP contribution < -0.4 is 29.4 Å². The van der Waals surface area contributed by atoms with Crippen LogP contribution in [0.25, 0.3) is 0 Å². The van der Waals surface area contributed by atoms with Gasteiger partial charge in [0.15, 0.2) is 22.9 Å². The van der Waals surface area contributed by atoms with Crippen LogP contribution in [0.5, 0.6) is 23.0 Å². The molecular formula is C46H56N12O10S2. The first-order valence-corrected chi connectivity index (χ1v) is 26.4. The van der Waals surface area contributed by atoms with Crippen molar-refractivity contribution in [2.75, 3.05) is 83.3 Å². The van der Waals surface area contributed by atoms with Gasteiger partial charge in [0.2, 0.25) is 0 Å². The molecule has 22 nitrogen and oxygen atoms in total. The molecule has 372 valence electrons. The average molecular weight is 1000 g/mol. The van der Waals surface area contributed by atoms with E-state index in [4.69, 9.17) is 0 Å². The number of benzene rings is 4. The van der Waals surface area contributed by atoms with Crippen LogP contribution >= 0.6 is 0 Å². The zero-order valence-corrected chi connectivity index (χ0v) is 40.9. The van der Waals surface area contributed by atoms with Crippen LogP contribution in [0, 0.1) is 0 Å². The summed E-state index contributed by atoms with van der Waals surface area (Å²) in [5.74, 6) is -1.06. The summed E-state index contributed by atoms with van der Waals surface area (Å²) in [7, 11) is -5.35. The maximum Gasteiger partial charge on any atom is 0.296 e. The molecule has 0 saturated heterocycles. The average Bonchev–Trinajstić information content (AvgIpc) is 3.30. The zero-order chi connectivity index (χ0) is 49.3. The van der Waals surface area contributed by atoms with E-state index in [1.807, 2.05) is 47.5 Å². The van der Waals surface area contributed by atoms with Crippen molar-refractivity contribution in [1.82, 2.24) is 9.80 Å². The first kappa shape index (κ1) is 46.2. The Bertz CT molecular complexity index is 2960. The van der Waals surface area contributed by atoms with Gasteiger partial charge in [-0.05, 0) is 76.9 Å². The van der Waals surface area contributed by atoms with Crippen molar-refractivity contribution >= 4 is 65.7 Å². The van der Waals surface area contributed by atoms with Crippen LogP contribution in [0.15, 0.2) is 54.5 Å². The maximum atomic E-state index is 12.9. The van der Waals surface area contributed by atoms with Gasteiger partial charge in [-0.1, -0.05) is 0 Å². The molecule has 4 aromatic carbocycles. The molecule has 0 aromatic heterocycles. The van der Waals surface area contributed by atoms with Gasteiger partial charge in [0.25, 0.3) is 20.2 Å². The topological polar surface area (TPSA) is 265 Å². The summed E-state index contributed by atoms with van der Waals surface area (Å²) in [4.78, 5) is 15.7. The van der Waals surface area contributed by atoms with Crippen molar-refractivity contribution in [3.63, 3.8) is 0 Å². The number of anilines is 6. The minimum absolute atomic E-state index is 0.0867. The molecule has 11 rings (SSSR count). The number of phenolic OH excluding ortho intramolecular Hbond substituents is 4. The minimum Gasteiger partial charge on any atom is -0.505 e. The summed E-state index contributed by atoms with van der Waals surface area (Å²) in [5.41, 5.74) is 7.57. The van der Waals surface area contributed by atoms with E-state index in [2.05, 4.69) is 40.1 Å². The summed E-state index contributed by atoms with van der Waals surface area (Å²) >= 11 is 0.